The Morgan fingerprint density at radius 1 is 1.11 bits per heavy atom. The van der Waals surface area contributed by atoms with Crippen molar-refractivity contribution in [1.29, 1.82) is 0 Å². The Morgan fingerprint density at radius 2 is 1.85 bits per heavy atom. The van der Waals surface area contributed by atoms with Crippen LogP contribution in [0.5, 0.6) is 0 Å². The van der Waals surface area contributed by atoms with E-state index >= 15 is 0 Å². The lowest BCUT2D eigenvalue weighted by molar-refractivity contribution is 0.0922. The molecule has 3 nitrogen and oxygen atoms in total. The number of halogens is 1. The van der Waals surface area contributed by atoms with E-state index < -0.39 is 5.82 Å². The first-order chi connectivity index (χ1) is 12.8. The molecule has 0 spiro atoms. The van der Waals surface area contributed by atoms with Crippen LogP contribution in [-0.2, 0) is 0 Å². The molecular formula is C23H21FN2O. The first-order valence-electron chi connectivity index (χ1n) is 8.76. The van der Waals surface area contributed by atoms with E-state index in [1.54, 1.807) is 18.2 Å². The van der Waals surface area contributed by atoms with E-state index in [0.29, 0.717) is 10.9 Å². The second kappa shape index (κ2) is 7.59. The van der Waals surface area contributed by atoms with Gasteiger partial charge in [0.05, 0.1) is 11.6 Å². The third-order valence-electron chi connectivity index (χ3n) is 4.20. The molecule has 1 amide bonds. The van der Waals surface area contributed by atoms with Gasteiger partial charge in [-0.3, -0.25) is 9.78 Å². The van der Waals surface area contributed by atoms with Gasteiger partial charge in [-0.25, -0.2) is 4.39 Å². The molecule has 0 saturated heterocycles. The third kappa shape index (κ3) is 4.51. The zero-order valence-electron chi connectivity index (χ0n) is 15.6. The van der Waals surface area contributed by atoms with Crippen LogP contribution in [0.25, 0.3) is 10.9 Å². The van der Waals surface area contributed by atoms with Crippen molar-refractivity contribution in [3.05, 3.63) is 77.7 Å². The molecule has 0 radical (unpaired) electrons. The molecule has 1 unspecified atom stereocenters. The van der Waals surface area contributed by atoms with Crippen molar-refractivity contribution >= 4 is 16.8 Å². The minimum absolute atomic E-state index is 0.255. The molecule has 1 heterocycles. The molecule has 1 aromatic heterocycles. The van der Waals surface area contributed by atoms with Crippen LogP contribution in [0.15, 0.2) is 60.8 Å². The SMILES string of the molecule is CC(C)(C)C(C#Cc1ccccc1)NC(=O)c1cnc2c(F)cccc2c1. The van der Waals surface area contributed by atoms with Gasteiger partial charge in [0.2, 0.25) is 0 Å². The molecule has 1 N–H and O–H groups in total. The summed E-state index contributed by atoms with van der Waals surface area (Å²) in [6.45, 7) is 6.06. The molecule has 4 heteroatoms. The number of amides is 1. The lowest BCUT2D eigenvalue weighted by Crippen LogP contribution is -2.42. The van der Waals surface area contributed by atoms with Gasteiger partial charge in [-0.05, 0) is 29.7 Å². The van der Waals surface area contributed by atoms with Crippen LogP contribution in [0, 0.1) is 23.1 Å². The fourth-order valence-electron chi connectivity index (χ4n) is 2.61. The van der Waals surface area contributed by atoms with Crippen LogP contribution < -0.4 is 5.32 Å². The van der Waals surface area contributed by atoms with Gasteiger partial charge >= 0.3 is 0 Å². The van der Waals surface area contributed by atoms with Crippen LogP contribution >= 0.6 is 0 Å². The average Bonchev–Trinajstić information content (AvgIpc) is 2.64. The van der Waals surface area contributed by atoms with Gasteiger partial charge < -0.3 is 5.32 Å². The van der Waals surface area contributed by atoms with Crippen LogP contribution in [0.4, 0.5) is 4.39 Å². The van der Waals surface area contributed by atoms with Crippen LogP contribution in [0.3, 0.4) is 0 Å². The Balaban J connectivity index is 1.86. The number of pyridine rings is 1. The summed E-state index contributed by atoms with van der Waals surface area (Å²) >= 11 is 0. The van der Waals surface area contributed by atoms with Crippen LogP contribution in [0.2, 0.25) is 0 Å². The zero-order valence-corrected chi connectivity index (χ0v) is 15.6. The maximum atomic E-state index is 13.8. The van der Waals surface area contributed by atoms with E-state index in [0.717, 1.165) is 5.56 Å². The number of nitrogens with zero attached hydrogens (tertiary/aromatic N) is 1. The Labute approximate surface area is 158 Å². The van der Waals surface area contributed by atoms with E-state index in [9.17, 15) is 9.18 Å². The summed E-state index contributed by atoms with van der Waals surface area (Å²) in [7, 11) is 0. The summed E-state index contributed by atoms with van der Waals surface area (Å²) < 4.78 is 13.8. The number of para-hydroxylation sites is 1. The molecule has 27 heavy (non-hydrogen) atoms. The maximum absolute atomic E-state index is 13.8. The van der Waals surface area contributed by atoms with Gasteiger partial charge in [0.1, 0.15) is 11.3 Å². The number of hydrogen-bond acceptors (Lipinski definition) is 2. The fourth-order valence-corrected chi connectivity index (χ4v) is 2.61. The summed E-state index contributed by atoms with van der Waals surface area (Å²) in [5.41, 5.74) is 1.27. The number of rotatable bonds is 2. The second-order valence-electron chi connectivity index (χ2n) is 7.44. The lowest BCUT2D eigenvalue weighted by atomic mass is 9.86. The topological polar surface area (TPSA) is 42.0 Å². The van der Waals surface area contributed by atoms with Crippen LogP contribution in [-0.4, -0.2) is 16.9 Å². The normalized spacial score (nSPS) is 12.1. The van der Waals surface area contributed by atoms with Crippen molar-refractivity contribution in [2.45, 2.75) is 26.8 Å². The molecule has 0 fully saturated rings. The first-order valence-corrected chi connectivity index (χ1v) is 8.76. The van der Waals surface area contributed by atoms with Crippen molar-refractivity contribution in [2.24, 2.45) is 5.41 Å². The summed E-state index contributed by atoms with van der Waals surface area (Å²) in [5, 5.41) is 3.56. The summed E-state index contributed by atoms with van der Waals surface area (Å²) in [5.74, 6) is 5.59. The molecule has 0 aliphatic heterocycles. The Hall–Kier alpha value is -3.19. The number of carbonyl (C=O) groups excluding carboxylic acids is 1. The Kier molecular flexibility index (Phi) is 5.23. The first kappa shape index (κ1) is 18.6. The molecule has 3 aromatic rings. The average molecular weight is 360 g/mol. The van der Waals surface area contributed by atoms with Gasteiger partial charge in [-0.1, -0.05) is 62.9 Å². The number of nitrogens with one attached hydrogen (secondary N) is 1. The molecule has 0 aliphatic rings. The lowest BCUT2D eigenvalue weighted by Gasteiger charge is -2.27. The number of carbonyl (C=O) groups is 1. The quantitative estimate of drug-likeness (QED) is 0.680. The minimum Gasteiger partial charge on any atom is -0.338 e. The van der Waals surface area contributed by atoms with Crippen molar-refractivity contribution in [3.63, 3.8) is 0 Å². The molecule has 2 aromatic carbocycles. The standard InChI is InChI=1S/C23H21FN2O/c1-23(2,3)20(13-12-16-8-5-4-6-9-16)26-22(27)18-14-17-10-7-11-19(24)21(17)25-15-18/h4-11,14-15,20H,1-3H3,(H,26,27). The van der Waals surface area contributed by atoms with Crippen LogP contribution in [0.1, 0.15) is 36.7 Å². The van der Waals surface area contributed by atoms with Crippen molar-refractivity contribution < 1.29 is 9.18 Å². The van der Waals surface area contributed by atoms with E-state index in [-0.39, 0.29) is 22.9 Å². The molecular weight excluding hydrogens is 339 g/mol. The van der Waals surface area contributed by atoms with E-state index in [2.05, 4.69) is 22.1 Å². The van der Waals surface area contributed by atoms with E-state index in [4.69, 9.17) is 0 Å². The molecule has 0 aliphatic carbocycles. The predicted molar refractivity (Wildman–Crippen MR) is 106 cm³/mol. The van der Waals surface area contributed by atoms with Gasteiger partial charge in [-0.2, -0.15) is 0 Å². The highest BCUT2D eigenvalue weighted by atomic mass is 19.1. The predicted octanol–water partition coefficient (Wildman–Crippen LogP) is 4.57. The van der Waals surface area contributed by atoms with Crippen molar-refractivity contribution in [1.82, 2.24) is 10.3 Å². The zero-order chi connectivity index (χ0) is 19.4. The highest BCUT2D eigenvalue weighted by Crippen LogP contribution is 2.20. The molecule has 1 atom stereocenters. The third-order valence-corrected chi connectivity index (χ3v) is 4.20. The van der Waals surface area contributed by atoms with Gasteiger partial charge in [0, 0.05) is 17.1 Å². The summed E-state index contributed by atoms with van der Waals surface area (Å²) in [4.78, 5) is 16.8. The van der Waals surface area contributed by atoms with Gasteiger partial charge in [0.15, 0.2) is 0 Å². The van der Waals surface area contributed by atoms with Crippen molar-refractivity contribution in [3.8, 4) is 11.8 Å². The fraction of sp³-hybridized carbons (Fsp3) is 0.217. The molecule has 0 bridgehead atoms. The summed E-state index contributed by atoms with van der Waals surface area (Å²) in [6.07, 6.45) is 1.39. The second-order valence-corrected chi connectivity index (χ2v) is 7.44. The number of fused-ring (bicyclic) bond motifs is 1. The van der Waals surface area contributed by atoms with E-state index in [1.165, 1.54) is 12.3 Å². The van der Waals surface area contributed by atoms with E-state index in [1.807, 2.05) is 51.1 Å². The largest absolute Gasteiger partial charge is 0.338 e. The Morgan fingerprint density at radius 3 is 2.56 bits per heavy atom. The molecule has 3 rings (SSSR count). The van der Waals surface area contributed by atoms with Gasteiger partial charge in [0.25, 0.3) is 5.91 Å². The monoisotopic (exact) mass is 360 g/mol. The summed E-state index contributed by atoms with van der Waals surface area (Å²) in [6, 6.07) is 15.6. The molecule has 136 valence electrons. The maximum Gasteiger partial charge on any atom is 0.253 e. The number of hydrogen-bond donors (Lipinski definition) is 1. The molecule has 0 saturated carbocycles. The highest BCUT2D eigenvalue weighted by molar-refractivity contribution is 5.97. The highest BCUT2D eigenvalue weighted by Gasteiger charge is 2.25. The Bertz CT molecular complexity index is 1030. The van der Waals surface area contributed by atoms with Gasteiger partial charge in [-0.15, -0.1) is 0 Å². The number of aromatic nitrogens is 1. The number of benzene rings is 2. The van der Waals surface area contributed by atoms with Crippen molar-refractivity contribution in [2.75, 3.05) is 0 Å². The minimum atomic E-state index is -0.402. The smallest absolute Gasteiger partial charge is 0.253 e.